The Hall–Kier alpha value is -4.86. The highest BCUT2D eigenvalue weighted by molar-refractivity contribution is 5.80. The molecule has 0 aliphatic rings. The Labute approximate surface area is 189 Å². The van der Waals surface area contributed by atoms with E-state index in [2.05, 4.69) is 36.1 Å². The van der Waals surface area contributed by atoms with E-state index in [1.807, 2.05) is 60.7 Å². The van der Waals surface area contributed by atoms with E-state index in [0.29, 0.717) is 24.0 Å². The summed E-state index contributed by atoms with van der Waals surface area (Å²) in [5.41, 5.74) is 5.41. The van der Waals surface area contributed by atoms with Crippen LogP contribution in [-0.2, 0) is 6.54 Å². The number of hydrogen-bond acceptors (Lipinski definition) is 9. The minimum absolute atomic E-state index is 0.0170. The number of nitro groups is 1. The number of non-ortho nitro benzene ring substituents is 1. The molecule has 0 radical (unpaired) electrons. The maximum absolute atomic E-state index is 10.8. The van der Waals surface area contributed by atoms with Crippen LogP contribution in [0.25, 0.3) is 0 Å². The van der Waals surface area contributed by atoms with E-state index in [1.165, 1.54) is 18.3 Å². The number of aromatic nitrogens is 3. The van der Waals surface area contributed by atoms with Crippen LogP contribution < -0.4 is 16.1 Å². The van der Waals surface area contributed by atoms with Gasteiger partial charge < -0.3 is 10.6 Å². The molecule has 0 amide bonds. The molecule has 4 rings (SSSR count). The average molecular weight is 440 g/mol. The molecule has 0 saturated heterocycles. The summed E-state index contributed by atoms with van der Waals surface area (Å²) < 4.78 is 0. The highest BCUT2D eigenvalue weighted by Crippen LogP contribution is 2.16. The summed E-state index contributed by atoms with van der Waals surface area (Å²) in [4.78, 5) is 23.5. The minimum atomic E-state index is -0.449. The number of nitro benzene ring substituents is 1. The zero-order valence-electron chi connectivity index (χ0n) is 17.4. The van der Waals surface area contributed by atoms with Gasteiger partial charge in [-0.1, -0.05) is 48.5 Å². The zero-order chi connectivity index (χ0) is 22.9. The third-order valence-corrected chi connectivity index (χ3v) is 4.44. The monoisotopic (exact) mass is 440 g/mol. The van der Waals surface area contributed by atoms with E-state index in [0.717, 1.165) is 11.3 Å². The average Bonchev–Trinajstić information content (AvgIpc) is 2.84. The molecule has 0 atom stereocenters. The second-order valence-corrected chi connectivity index (χ2v) is 6.86. The zero-order valence-corrected chi connectivity index (χ0v) is 17.4. The second kappa shape index (κ2) is 10.4. The van der Waals surface area contributed by atoms with Gasteiger partial charge in [-0.15, -0.1) is 0 Å². The molecule has 1 aromatic heterocycles. The van der Waals surface area contributed by atoms with Gasteiger partial charge in [0.25, 0.3) is 5.69 Å². The van der Waals surface area contributed by atoms with Crippen molar-refractivity contribution in [1.29, 1.82) is 0 Å². The first-order valence-corrected chi connectivity index (χ1v) is 10.1. The molecule has 0 bridgehead atoms. The predicted molar refractivity (Wildman–Crippen MR) is 128 cm³/mol. The van der Waals surface area contributed by atoms with Crippen LogP contribution in [-0.4, -0.2) is 26.1 Å². The van der Waals surface area contributed by atoms with Crippen molar-refractivity contribution < 1.29 is 4.92 Å². The number of nitrogens with one attached hydrogen (secondary N) is 3. The van der Waals surface area contributed by atoms with Crippen molar-refractivity contribution in [3.63, 3.8) is 0 Å². The lowest BCUT2D eigenvalue weighted by molar-refractivity contribution is -0.384. The quantitative estimate of drug-likeness (QED) is 0.196. The Bertz CT molecular complexity index is 1230. The van der Waals surface area contributed by atoms with Gasteiger partial charge in [0, 0.05) is 24.4 Å². The number of nitrogens with zero attached hydrogens (tertiary/aromatic N) is 5. The third-order valence-electron chi connectivity index (χ3n) is 4.44. The molecular formula is C23H20N8O2. The first-order valence-electron chi connectivity index (χ1n) is 10.1. The lowest BCUT2D eigenvalue weighted by atomic mass is 10.2. The van der Waals surface area contributed by atoms with Crippen LogP contribution in [0, 0.1) is 10.1 Å². The van der Waals surface area contributed by atoms with E-state index >= 15 is 0 Å². The van der Waals surface area contributed by atoms with Crippen LogP contribution in [0.5, 0.6) is 0 Å². The Balaban J connectivity index is 1.50. The summed E-state index contributed by atoms with van der Waals surface area (Å²) in [6.45, 7) is 0.543. The Morgan fingerprint density at radius 2 is 1.45 bits per heavy atom. The molecule has 0 fully saturated rings. The molecule has 10 nitrogen and oxygen atoms in total. The number of para-hydroxylation sites is 1. The fourth-order valence-electron chi connectivity index (χ4n) is 2.84. The summed E-state index contributed by atoms with van der Waals surface area (Å²) in [6, 6.07) is 25.5. The van der Waals surface area contributed by atoms with Crippen LogP contribution in [0.2, 0.25) is 0 Å². The lowest BCUT2D eigenvalue weighted by Gasteiger charge is -2.10. The van der Waals surface area contributed by atoms with Gasteiger partial charge in [-0.05, 0) is 35.4 Å². The molecule has 164 valence electrons. The van der Waals surface area contributed by atoms with E-state index < -0.39 is 4.92 Å². The Morgan fingerprint density at radius 3 is 2.15 bits per heavy atom. The van der Waals surface area contributed by atoms with Crippen molar-refractivity contribution >= 4 is 35.4 Å². The number of anilines is 4. The van der Waals surface area contributed by atoms with Gasteiger partial charge in [-0.2, -0.15) is 20.1 Å². The van der Waals surface area contributed by atoms with E-state index in [-0.39, 0.29) is 11.6 Å². The molecule has 0 spiro atoms. The number of hydrogen-bond donors (Lipinski definition) is 3. The van der Waals surface area contributed by atoms with E-state index in [4.69, 9.17) is 0 Å². The van der Waals surface area contributed by atoms with Crippen molar-refractivity contribution in [3.8, 4) is 0 Å². The molecule has 0 unspecified atom stereocenters. The number of benzene rings is 3. The van der Waals surface area contributed by atoms with Crippen molar-refractivity contribution in [2.24, 2.45) is 5.10 Å². The topological polar surface area (TPSA) is 130 Å². The predicted octanol–water partition coefficient (Wildman–Crippen LogP) is 4.58. The van der Waals surface area contributed by atoms with Gasteiger partial charge in [0.05, 0.1) is 11.1 Å². The maximum Gasteiger partial charge on any atom is 0.269 e. The molecule has 4 aromatic rings. The third kappa shape index (κ3) is 6.31. The van der Waals surface area contributed by atoms with Crippen LogP contribution >= 0.6 is 0 Å². The molecule has 0 aliphatic heterocycles. The van der Waals surface area contributed by atoms with Crippen molar-refractivity contribution in [2.45, 2.75) is 6.54 Å². The van der Waals surface area contributed by atoms with E-state index in [1.54, 1.807) is 12.1 Å². The lowest BCUT2D eigenvalue weighted by Crippen LogP contribution is -2.09. The van der Waals surface area contributed by atoms with Crippen LogP contribution in [0.1, 0.15) is 11.1 Å². The second-order valence-electron chi connectivity index (χ2n) is 6.86. The van der Waals surface area contributed by atoms with Gasteiger partial charge in [0.15, 0.2) is 0 Å². The van der Waals surface area contributed by atoms with E-state index in [9.17, 15) is 10.1 Å². The van der Waals surface area contributed by atoms with Gasteiger partial charge in [-0.25, -0.2) is 5.43 Å². The number of rotatable bonds is 9. The first kappa shape index (κ1) is 21.4. The van der Waals surface area contributed by atoms with Gasteiger partial charge in [0.1, 0.15) is 0 Å². The fraction of sp³-hybridized carbons (Fsp3) is 0.0435. The normalized spacial score (nSPS) is 10.7. The Kier molecular flexibility index (Phi) is 6.76. The fourth-order valence-corrected chi connectivity index (χ4v) is 2.84. The molecule has 1 heterocycles. The van der Waals surface area contributed by atoms with Crippen LogP contribution in [0.15, 0.2) is 90.0 Å². The maximum atomic E-state index is 10.8. The molecule has 33 heavy (non-hydrogen) atoms. The molecule has 0 saturated carbocycles. The van der Waals surface area contributed by atoms with Crippen molar-refractivity contribution in [3.05, 3.63) is 106 Å². The summed E-state index contributed by atoms with van der Waals surface area (Å²) >= 11 is 0. The van der Waals surface area contributed by atoms with Gasteiger partial charge in [-0.3, -0.25) is 10.1 Å². The first-order chi connectivity index (χ1) is 16.2. The molecular weight excluding hydrogens is 420 g/mol. The number of hydrazone groups is 1. The molecule has 0 aliphatic carbocycles. The smallest absolute Gasteiger partial charge is 0.269 e. The highest BCUT2D eigenvalue weighted by Gasteiger charge is 2.07. The van der Waals surface area contributed by atoms with Gasteiger partial charge >= 0.3 is 0 Å². The van der Waals surface area contributed by atoms with Crippen molar-refractivity contribution in [1.82, 2.24) is 15.0 Å². The summed E-state index contributed by atoms with van der Waals surface area (Å²) in [5, 5.41) is 21.3. The highest BCUT2D eigenvalue weighted by atomic mass is 16.6. The molecule has 10 heteroatoms. The standard InChI is InChI=1S/C23H20N8O2/c32-31(33)20-13-11-18(12-14-20)16-25-30-23-28-21(24-15-17-7-3-1-4-8-17)27-22(29-23)26-19-9-5-2-6-10-19/h1-14,16H,15H2,(H3,24,26,27,28,29,30)/b25-16-. The van der Waals surface area contributed by atoms with Crippen LogP contribution in [0.3, 0.4) is 0 Å². The summed E-state index contributed by atoms with van der Waals surface area (Å²) in [6.07, 6.45) is 1.52. The SMILES string of the molecule is O=[N+]([O-])c1ccc(/C=N\Nc2nc(NCc3ccccc3)nc(Nc3ccccc3)n2)cc1. The van der Waals surface area contributed by atoms with Crippen molar-refractivity contribution in [2.75, 3.05) is 16.1 Å². The summed E-state index contributed by atoms with van der Waals surface area (Å²) in [7, 11) is 0. The molecule has 3 aromatic carbocycles. The largest absolute Gasteiger partial charge is 0.350 e. The van der Waals surface area contributed by atoms with Gasteiger partial charge in [0.2, 0.25) is 17.8 Å². The Morgan fingerprint density at radius 1 is 0.818 bits per heavy atom. The molecule has 3 N–H and O–H groups in total. The van der Waals surface area contributed by atoms with Crippen LogP contribution in [0.4, 0.5) is 29.2 Å². The summed E-state index contributed by atoms with van der Waals surface area (Å²) in [5.74, 6) is 0.956. The minimum Gasteiger partial charge on any atom is -0.350 e.